The van der Waals surface area contributed by atoms with Crippen LogP contribution in [0.5, 0.6) is 5.75 Å². The summed E-state index contributed by atoms with van der Waals surface area (Å²) in [4.78, 5) is 23.5. The van der Waals surface area contributed by atoms with Gasteiger partial charge in [0.05, 0.1) is 11.5 Å². The van der Waals surface area contributed by atoms with E-state index in [9.17, 15) is 19.8 Å². The summed E-state index contributed by atoms with van der Waals surface area (Å²) >= 11 is 5.73. The summed E-state index contributed by atoms with van der Waals surface area (Å²) in [7, 11) is 0. The van der Waals surface area contributed by atoms with Gasteiger partial charge in [0.25, 0.3) is 5.91 Å². The van der Waals surface area contributed by atoms with Crippen LogP contribution in [-0.2, 0) is 4.79 Å². The fourth-order valence-corrected chi connectivity index (χ4v) is 2.89. The van der Waals surface area contributed by atoms with E-state index in [4.69, 9.17) is 11.6 Å². The first-order valence-electron chi connectivity index (χ1n) is 7.01. The van der Waals surface area contributed by atoms with Gasteiger partial charge in [-0.2, -0.15) is 0 Å². The highest BCUT2D eigenvalue weighted by Crippen LogP contribution is 2.26. The lowest BCUT2D eigenvalue weighted by molar-refractivity contribution is -0.142. The average molecular weight is 312 g/mol. The normalized spacial score (nSPS) is 22.3. The van der Waals surface area contributed by atoms with Gasteiger partial charge in [-0.05, 0) is 31.0 Å². The lowest BCUT2D eigenvalue weighted by Crippen LogP contribution is -2.42. The number of phenols is 1. The number of halogens is 1. The van der Waals surface area contributed by atoms with Crippen molar-refractivity contribution in [3.8, 4) is 5.75 Å². The molecule has 0 aliphatic heterocycles. The van der Waals surface area contributed by atoms with Crippen molar-refractivity contribution in [2.24, 2.45) is 5.92 Å². The maximum absolute atomic E-state index is 12.2. The van der Waals surface area contributed by atoms with E-state index in [1.807, 2.05) is 0 Å². The highest BCUT2D eigenvalue weighted by atomic mass is 35.5. The van der Waals surface area contributed by atoms with Crippen LogP contribution in [0, 0.1) is 5.92 Å². The first-order chi connectivity index (χ1) is 9.99. The van der Waals surface area contributed by atoms with Crippen LogP contribution < -0.4 is 5.32 Å². The second-order valence-corrected chi connectivity index (χ2v) is 5.76. The Morgan fingerprint density at radius 2 is 1.90 bits per heavy atom. The number of aromatic hydroxyl groups is 1. The van der Waals surface area contributed by atoms with Crippen molar-refractivity contribution >= 4 is 23.5 Å². The summed E-state index contributed by atoms with van der Waals surface area (Å²) in [5.41, 5.74) is 0.104. The molecule has 2 rings (SSSR count). The van der Waals surface area contributed by atoms with Crippen LogP contribution in [0.15, 0.2) is 18.2 Å². The van der Waals surface area contributed by atoms with Crippen molar-refractivity contribution in [2.45, 2.75) is 38.1 Å². The third kappa shape index (κ3) is 3.88. The summed E-state index contributed by atoms with van der Waals surface area (Å²) in [6, 6.07) is 3.82. The third-order valence-electron chi connectivity index (χ3n) is 3.85. The second kappa shape index (κ2) is 6.80. The Balaban J connectivity index is 2.14. The molecule has 1 aromatic carbocycles. The third-order valence-corrected chi connectivity index (χ3v) is 4.09. The summed E-state index contributed by atoms with van der Waals surface area (Å²) in [6.45, 7) is 0. The molecular weight excluding hydrogens is 294 g/mol. The zero-order chi connectivity index (χ0) is 15.4. The first-order valence-corrected chi connectivity index (χ1v) is 7.39. The topological polar surface area (TPSA) is 86.6 Å². The zero-order valence-electron chi connectivity index (χ0n) is 11.5. The number of carboxylic acids is 1. The van der Waals surface area contributed by atoms with Crippen LogP contribution >= 0.6 is 11.6 Å². The van der Waals surface area contributed by atoms with Crippen molar-refractivity contribution in [3.05, 3.63) is 28.8 Å². The SMILES string of the molecule is O=C(NC1CCCCCC1C(=O)O)c1ccc(Cl)cc1O. The lowest BCUT2D eigenvalue weighted by atomic mass is 9.94. The van der Waals surface area contributed by atoms with E-state index in [0.717, 1.165) is 19.3 Å². The number of phenolic OH excluding ortho intramolecular Hbond substituents is 1. The summed E-state index contributed by atoms with van der Waals surface area (Å²) < 4.78 is 0. The standard InChI is InChI=1S/C15H18ClNO4/c16-9-6-7-11(13(18)8-9)14(19)17-12-5-3-1-2-4-10(12)15(20)21/h6-8,10,12,18H,1-5H2,(H,17,19)(H,20,21). The minimum Gasteiger partial charge on any atom is -0.507 e. The first kappa shape index (κ1) is 15.6. The van der Waals surface area contributed by atoms with Crippen molar-refractivity contribution in [3.63, 3.8) is 0 Å². The number of aliphatic carboxylic acids is 1. The number of carbonyl (C=O) groups excluding carboxylic acids is 1. The number of hydrogen-bond acceptors (Lipinski definition) is 3. The van der Waals surface area contributed by atoms with Gasteiger partial charge in [0.15, 0.2) is 0 Å². The second-order valence-electron chi connectivity index (χ2n) is 5.32. The molecule has 6 heteroatoms. The maximum atomic E-state index is 12.2. The molecule has 0 saturated heterocycles. The molecule has 1 aromatic rings. The van der Waals surface area contributed by atoms with Crippen LogP contribution in [0.1, 0.15) is 42.5 Å². The van der Waals surface area contributed by atoms with E-state index < -0.39 is 23.8 Å². The van der Waals surface area contributed by atoms with E-state index in [1.165, 1.54) is 18.2 Å². The van der Waals surface area contributed by atoms with Gasteiger partial charge in [0, 0.05) is 11.1 Å². The average Bonchev–Trinajstić information content (AvgIpc) is 2.63. The molecule has 2 atom stereocenters. The van der Waals surface area contributed by atoms with Gasteiger partial charge < -0.3 is 15.5 Å². The molecule has 0 radical (unpaired) electrons. The van der Waals surface area contributed by atoms with Crippen LogP contribution in [0.3, 0.4) is 0 Å². The molecule has 3 N–H and O–H groups in total. The van der Waals surface area contributed by atoms with Crippen molar-refractivity contribution in [2.75, 3.05) is 0 Å². The van der Waals surface area contributed by atoms with Gasteiger partial charge in [0.1, 0.15) is 5.75 Å². The Labute approximate surface area is 127 Å². The lowest BCUT2D eigenvalue weighted by Gasteiger charge is -2.23. The Bertz CT molecular complexity index is 546. The van der Waals surface area contributed by atoms with Gasteiger partial charge in [-0.25, -0.2) is 0 Å². The fourth-order valence-electron chi connectivity index (χ4n) is 2.72. The number of amides is 1. The minimum atomic E-state index is -0.887. The molecule has 1 aliphatic rings. The molecule has 0 bridgehead atoms. The van der Waals surface area contributed by atoms with Crippen LogP contribution in [0.4, 0.5) is 0 Å². The largest absolute Gasteiger partial charge is 0.507 e. The van der Waals surface area contributed by atoms with E-state index >= 15 is 0 Å². The summed E-state index contributed by atoms with van der Waals surface area (Å²) in [5, 5.41) is 22.1. The molecule has 0 heterocycles. The Morgan fingerprint density at radius 1 is 1.19 bits per heavy atom. The number of benzene rings is 1. The Hall–Kier alpha value is -1.75. The molecule has 0 aromatic heterocycles. The minimum absolute atomic E-state index is 0.104. The van der Waals surface area contributed by atoms with Gasteiger partial charge in [-0.1, -0.05) is 30.9 Å². The van der Waals surface area contributed by atoms with Gasteiger partial charge >= 0.3 is 5.97 Å². The monoisotopic (exact) mass is 311 g/mol. The van der Waals surface area contributed by atoms with Gasteiger partial charge in [0.2, 0.25) is 0 Å². The number of nitrogens with one attached hydrogen (secondary N) is 1. The van der Waals surface area contributed by atoms with Gasteiger partial charge in [-0.15, -0.1) is 0 Å². The van der Waals surface area contributed by atoms with E-state index in [0.29, 0.717) is 17.9 Å². The van der Waals surface area contributed by atoms with Gasteiger partial charge in [-0.3, -0.25) is 9.59 Å². The predicted octanol–water partition coefficient (Wildman–Crippen LogP) is 2.81. The van der Waals surface area contributed by atoms with Crippen molar-refractivity contribution in [1.82, 2.24) is 5.32 Å². The molecule has 1 saturated carbocycles. The number of rotatable bonds is 3. The zero-order valence-corrected chi connectivity index (χ0v) is 12.3. The van der Waals surface area contributed by atoms with Crippen LogP contribution in [0.25, 0.3) is 0 Å². The number of hydrogen-bond donors (Lipinski definition) is 3. The highest BCUT2D eigenvalue weighted by Gasteiger charge is 2.31. The van der Waals surface area contributed by atoms with Crippen LogP contribution in [-0.4, -0.2) is 28.1 Å². The molecule has 1 aliphatic carbocycles. The Morgan fingerprint density at radius 3 is 2.57 bits per heavy atom. The number of carboxylic acid groups (broad SMARTS) is 1. The molecule has 21 heavy (non-hydrogen) atoms. The van der Waals surface area contributed by atoms with Crippen molar-refractivity contribution in [1.29, 1.82) is 0 Å². The molecule has 114 valence electrons. The highest BCUT2D eigenvalue weighted by molar-refractivity contribution is 6.30. The van der Waals surface area contributed by atoms with E-state index in [-0.39, 0.29) is 11.3 Å². The summed E-state index contributed by atoms with van der Waals surface area (Å²) in [6.07, 6.45) is 3.92. The quantitative estimate of drug-likeness (QED) is 0.749. The molecule has 2 unspecified atom stereocenters. The smallest absolute Gasteiger partial charge is 0.308 e. The molecular formula is C15H18ClNO4. The predicted molar refractivity (Wildman–Crippen MR) is 78.6 cm³/mol. The number of carbonyl (C=O) groups is 2. The summed E-state index contributed by atoms with van der Waals surface area (Å²) in [5.74, 6) is -2.14. The maximum Gasteiger partial charge on any atom is 0.308 e. The molecule has 5 nitrogen and oxygen atoms in total. The molecule has 0 spiro atoms. The fraction of sp³-hybridized carbons (Fsp3) is 0.467. The van der Waals surface area contributed by atoms with E-state index in [2.05, 4.69) is 5.32 Å². The van der Waals surface area contributed by atoms with E-state index in [1.54, 1.807) is 0 Å². The molecule has 1 amide bonds. The van der Waals surface area contributed by atoms with Crippen LogP contribution in [0.2, 0.25) is 5.02 Å². The van der Waals surface area contributed by atoms with Crippen molar-refractivity contribution < 1.29 is 19.8 Å². The molecule has 1 fully saturated rings. The Kier molecular flexibility index (Phi) is 5.07.